The van der Waals surface area contributed by atoms with Crippen LogP contribution >= 0.6 is 11.3 Å². The predicted octanol–water partition coefficient (Wildman–Crippen LogP) is 4.39. The second-order valence-corrected chi connectivity index (χ2v) is 6.27. The third kappa shape index (κ3) is 3.72. The standard InChI is InChI=1S/C18H17N3O2S/c1-11-4-3-5-13(8-11)23-14-6-7-16(19)15(9-14)17(22)21-18-20-12(2)10-24-18/h3-10H,19H2,1-2H3,(H,20,21,22). The zero-order valence-corrected chi connectivity index (χ0v) is 14.2. The molecular formula is C18H17N3O2S. The summed E-state index contributed by atoms with van der Waals surface area (Å²) < 4.78 is 5.81. The van der Waals surface area contributed by atoms with Crippen LogP contribution in [0.25, 0.3) is 0 Å². The van der Waals surface area contributed by atoms with Crippen molar-refractivity contribution in [3.8, 4) is 11.5 Å². The van der Waals surface area contributed by atoms with Crippen molar-refractivity contribution in [2.75, 3.05) is 11.1 Å². The maximum atomic E-state index is 12.4. The first-order valence-corrected chi connectivity index (χ1v) is 8.27. The van der Waals surface area contributed by atoms with Crippen LogP contribution in [0.5, 0.6) is 11.5 Å². The van der Waals surface area contributed by atoms with E-state index in [1.807, 2.05) is 43.5 Å². The molecule has 0 bridgehead atoms. The summed E-state index contributed by atoms with van der Waals surface area (Å²) in [5.41, 5.74) is 8.63. The molecule has 1 heterocycles. The molecule has 6 heteroatoms. The maximum Gasteiger partial charge on any atom is 0.259 e. The van der Waals surface area contributed by atoms with Crippen molar-refractivity contribution in [2.24, 2.45) is 0 Å². The Labute approximate surface area is 144 Å². The molecule has 0 aliphatic rings. The number of ether oxygens (including phenoxy) is 1. The number of carbonyl (C=O) groups excluding carboxylic acids is 1. The largest absolute Gasteiger partial charge is 0.457 e. The van der Waals surface area contributed by atoms with Crippen LogP contribution in [0.1, 0.15) is 21.6 Å². The molecule has 5 nitrogen and oxygen atoms in total. The molecule has 1 amide bonds. The number of nitrogens with one attached hydrogen (secondary N) is 1. The fourth-order valence-corrected chi connectivity index (χ4v) is 2.87. The molecule has 0 fully saturated rings. The van der Waals surface area contributed by atoms with Gasteiger partial charge in [0.15, 0.2) is 5.13 Å². The number of amides is 1. The van der Waals surface area contributed by atoms with Crippen molar-refractivity contribution in [3.63, 3.8) is 0 Å². The molecule has 0 radical (unpaired) electrons. The lowest BCUT2D eigenvalue weighted by Gasteiger charge is -2.10. The molecule has 0 saturated heterocycles. The minimum absolute atomic E-state index is 0.309. The number of thiazole rings is 1. The Morgan fingerprint density at radius 3 is 2.67 bits per heavy atom. The minimum Gasteiger partial charge on any atom is -0.457 e. The van der Waals surface area contributed by atoms with Crippen LogP contribution in [0.15, 0.2) is 47.8 Å². The summed E-state index contributed by atoms with van der Waals surface area (Å²) in [6, 6.07) is 12.7. The molecule has 0 aliphatic carbocycles. The van der Waals surface area contributed by atoms with E-state index in [4.69, 9.17) is 10.5 Å². The number of carbonyl (C=O) groups is 1. The first-order chi connectivity index (χ1) is 11.5. The predicted molar refractivity (Wildman–Crippen MR) is 96.9 cm³/mol. The maximum absolute atomic E-state index is 12.4. The summed E-state index contributed by atoms with van der Waals surface area (Å²) in [5.74, 6) is 0.952. The molecule has 0 atom stereocenters. The van der Waals surface area contributed by atoms with Gasteiger partial charge in [0.25, 0.3) is 5.91 Å². The van der Waals surface area contributed by atoms with E-state index in [2.05, 4.69) is 10.3 Å². The van der Waals surface area contributed by atoms with E-state index >= 15 is 0 Å². The van der Waals surface area contributed by atoms with Gasteiger partial charge in [-0.05, 0) is 49.7 Å². The highest BCUT2D eigenvalue weighted by Gasteiger charge is 2.13. The fourth-order valence-electron chi connectivity index (χ4n) is 2.19. The number of hydrogen-bond donors (Lipinski definition) is 2. The molecule has 3 N–H and O–H groups in total. The average molecular weight is 339 g/mol. The van der Waals surface area contributed by atoms with Crippen LogP contribution in [0.3, 0.4) is 0 Å². The van der Waals surface area contributed by atoms with E-state index in [-0.39, 0.29) is 5.91 Å². The highest BCUT2D eigenvalue weighted by molar-refractivity contribution is 7.13. The zero-order chi connectivity index (χ0) is 17.1. The van der Waals surface area contributed by atoms with Gasteiger partial charge >= 0.3 is 0 Å². The van der Waals surface area contributed by atoms with Crippen LogP contribution in [0, 0.1) is 13.8 Å². The van der Waals surface area contributed by atoms with E-state index in [1.165, 1.54) is 11.3 Å². The normalized spacial score (nSPS) is 10.4. The molecule has 3 aromatic rings. The lowest BCUT2D eigenvalue weighted by Crippen LogP contribution is -2.14. The van der Waals surface area contributed by atoms with Gasteiger partial charge in [0.1, 0.15) is 11.5 Å². The number of rotatable bonds is 4. The second kappa shape index (κ2) is 6.72. The van der Waals surface area contributed by atoms with Crippen molar-refractivity contribution < 1.29 is 9.53 Å². The number of nitrogens with two attached hydrogens (primary N) is 1. The highest BCUT2D eigenvalue weighted by Crippen LogP contribution is 2.26. The lowest BCUT2D eigenvalue weighted by atomic mass is 10.1. The number of aryl methyl sites for hydroxylation is 2. The first-order valence-electron chi connectivity index (χ1n) is 7.39. The monoisotopic (exact) mass is 339 g/mol. The zero-order valence-electron chi connectivity index (χ0n) is 13.4. The van der Waals surface area contributed by atoms with Gasteiger partial charge in [-0.2, -0.15) is 0 Å². The SMILES string of the molecule is Cc1cccc(Oc2ccc(N)c(C(=O)Nc3nc(C)cs3)c2)c1. The van der Waals surface area contributed by atoms with Gasteiger partial charge in [0, 0.05) is 11.1 Å². The fraction of sp³-hybridized carbons (Fsp3) is 0.111. The molecule has 24 heavy (non-hydrogen) atoms. The first kappa shape index (κ1) is 16.0. The topological polar surface area (TPSA) is 77.2 Å². The highest BCUT2D eigenvalue weighted by atomic mass is 32.1. The van der Waals surface area contributed by atoms with E-state index < -0.39 is 0 Å². The van der Waals surface area contributed by atoms with Crippen molar-refractivity contribution in [2.45, 2.75) is 13.8 Å². The Morgan fingerprint density at radius 2 is 1.96 bits per heavy atom. The lowest BCUT2D eigenvalue weighted by molar-refractivity contribution is 0.102. The molecule has 0 saturated carbocycles. The third-order valence-electron chi connectivity index (χ3n) is 3.33. The van der Waals surface area contributed by atoms with Crippen molar-refractivity contribution >= 4 is 28.1 Å². The second-order valence-electron chi connectivity index (χ2n) is 5.42. The Bertz CT molecular complexity index is 889. The van der Waals surface area contributed by atoms with Crippen molar-refractivity contribution in [1.29, 1.82) is 0 Å². The van der Waals surface area contributed by atoms with E-state index in [1.54, 1.807) is 18.2 Å². The van der Waals surface area contributed by atoms with E-state index in [9.17, 15) is 4.79 Å². The van der Waals surface area contributed by atoms with Gasteiger partial charge in [0.05, 0.1) is 11.3 Å². The minimum atomic E-state index is -0.309. The van der Waals surface area contributed by atoms with Gasteiger partial charge < -0.3 is 10.5 Å². The number of anilines is 2. The molecular weight excluding hydrogens is 322 g/mol. The molecule has 0 unspecified atom stereocenters. The van der Waals surface area contributed by atoms with Gasteiger partial charge in [0.2, 0.25) is 0 Å². The Morgan fingerprint density at radius 1 is 1.17 bits per heavy atom. The van der Waals surface area contributed by atoms with Gasteiger partial charge in [-0.3, -0.25) is 10.1 Å². The molecule has 0 aliphatic heterocycles. The van der Waals surface area contributed by atoms with Crippen molar-refractivity contribution in [1.82, 2.24) is 4.98 Å². The third-order valence-corrected chi connectivity index (χ3v) is 4.21. The van der Waals surface area contributed by atoms with Crippen molar-refractivity contribution in [3.05, 3.63) is 64.7 Å². The summed E-state index contributed by atoms with van der Waals surface area (Å²) in [4.78, 5) is 16.6. The van der Waals surface area contributed by atoms with Gasteiger partial charge in [-0.1, -0.05) is 12.1 Å². The Hall–Kier alpha value is -2.86. The van der Waals surface area contributed by atoms with Gasteiger partial charge in [-0.15, -0.1) is 11.3 Å². The van der Waals surface area contributed by atoms with Crippen LogP contribution in [-0.4, -0.2) is 10.9 Å². The Balaban J connectivity index is 1.81. The number of aromatic nitrogens is 1. The Kier molecular flexibility index (Phi) is 4.48. The number of nitrogens with zero attached hydrogens (tertiary/aromatic N) is 1. The van der Waals surface area contributed by atoms with Crippen LogP contribution < -0.4 is 15.8 Å². The number of benzene rings is 2. The van der Waals surface area contributed by atoms with E-state index in [0.29, 0.717) is 27.9 Å². The summed E-state index contributed by atoms with van der Waals surface area (Å²) in [6.07, 6.45) is 0. The van der Waals surface area contributed by atoms with Crippen LogP contribution in [-0.2, 0) is 0 Å². The quantitative estimate of drug-likeness (QED) is 0.691. The molecule has 122 valence electrons. The van der Waals surface area contributed by atoms with Gasteiger partial charge in [-0.25, -0.2) is 4.98 Å². The molecule has 3 rings (SSSR count). The number of nitrogen functional groups attached to an aromatic ring is 1. The summed E-state index contributed by atoms with van der Waals surface area (Å²) >= 11 is 1.37. The summed E-state index contributed by atoms with van der Waals surface area (Å²) in [5, 5.41) is 5.17. The smallest absolute Gasteiger partial charge is 0.259 e. The average Bonchev–Trinajstić information content (AvgIpc) is 2.94. The van der Waals surface area contributed by atoms with E-state index in [0.717, 1.165) is 11.3 Å². The summed E-state index contributed by atoms with van der Waals surface area (Å²) in [7, 11) is 0. The summed E-state index contributed by atoms with van der Waals surface area (Å²) in [6.45, 7) is 3.86. The van der Waals surface area contributed by atoms with Crippen LogP contribution in [0.4, 0.5) is 10.8 Å². The number of hydrogen-bond acceptors (Lipinski definition) is 5. The molecule has 2 aromatic carbocycles. The molecule has 0 spiro atoms. The van der Waals surface area contributed by atoms with Crippen LogP contribution in [0.2, 0.25) is 0 Å². The molecule has 1 aromatic heterocycles.